The zero-order valence-electron chi connectivity index (χ0n) is 11.1. The van der Waals surface area contributed by atoms with Crippen LogP contribution in [0.15, 0.2) is 23.1 Å². The molecule has 0 bridgehead atoms. The van der Waals surface area contributed by atoms with Crippen LogP contribution in [0.4, 0.5) is 0 Å². The average Bonchev–Trinajstić information content (AvgIpc) is 2.35. The lowest BCUT2D eigenvalue weighted by Gasteiger charge is -2.07. The van der Waals surface area contributed by atoms with E-state index in [0.29, 0.717) is 11.3 Å². The Hall–Kier alpha value is -1.03. The molecule has 0 radical (unpaired) electrons. The van der Waals surface area contributed by atoms with Crippen LogP contribution in [-0.4, -0.2) is 32.7 Å². The molecular weight excluding hydrogens is 280 g/mol. The molecule has 0 aliphatic heterocycles. The van der Waals surface area contributed by atoms with Crippen LogP contribution >= 0.6 is 11.8 Å². The molecule has 104 valence electrons. The van der Waals surface area contributed by atoms with E-state index in [1.807, 2.05) is 25.1 Å². The summed E-state index contributed by atoms with van der Waals surface area (Å²) in [4.78, 5) is 0.839. The average molecular weight is 298 g/mol. The molecule has 1 aromatic carbocycles. The van der Waals surface area contributed by atoms with Crippen molar-refractivity contribution in [3.8, 4) is 6.07 Å². The number of nitriles is 1. The molecule has 0 aromatic heterocycles. The summed E-state index contributed by atoms with van der Waals surface area (Å²) in [7, 11) is -2.95. The molecule has 0 fully saturated rings. The number of nitrogens with one attached hydrogen (secondary N) is 1. The molecule has 0 saturated heterocycles. The summed E-state index contributed by atoms with van der Waals surface area (Å²) in [5.41, 5.74) is 1.67. The van der Waals surface area contributed by atoms with E-state index in [1.165, 1.54) is 18.0 Å². The maximum absolute atomic E-state index is 11.1. The number of thioether (sulfide) groups is 1. The Morgan fingerprint density at radius 1 is 1.42 bits per heavy atom. The van der Waals surface area contributed by atoms with Gasteiger partial charge >= 0.3 is 0 Å². The zero-order chi connectivity index (χ0) is 14.3. The molecule has 4 nitrogen and oxygen atoms in total. The largest absolute Gasteiger partial charge is 0.313 e. The van der Waals surface area contributed by atoms with Crippen molar-refractivity contribution in [2.24, 2.45) is 0 Å². The fraction of sp³-hybridized carbons (Fsp3) is 0.462. The molecule has 19 heavy (non-hydrogen) atoms. The van der Waals surface area contributed by atoms with Gasteiger partial charge in [0.15, 0.2) is 0 Å². The summed E-state index contributed by atoms with van der Waals surface area (Å²) in [5, 5.41) is 12.3. The Kier molecular flexibility index (Phi) is 6.35. The van der Waals surface area contributed by atoms with E-state index >= 15 is 0 Å². The number of nitrogens with zero attached hydrogens (tertiary/aromatic N) is 1. The third-order valence-corrected chi connectivity index (χ3v) is 4.73. The van der Waals surface area contributed by atoms with Crippen LogP contribution in [0.25, 0.3) is 0 Å². The van der Waals surface area contributed by atoms with E-state index in [9.17, 15) is 8.42 Å². The molecule has 6 heteroatoms. The maximum Gasteiger partial charge on any atom is 0.148 e. The molecule has 0 spiro atoms. The topological polar surface area (TPSA) is 70.0 Å². The van der Waals surface area contributed by atoms with Gasteiger partial charge in [0.25, 0.3) is 0 Å². The highest BCUT2D eigenvalue weighted by atomic mass is 32.2. The number of hydrogen-bond donors (Lipinski definition) is 1. The van der Waals surface area contributed by atoms with Crippen LogP contribution in [0.1, 0.15) is 18.1 Å². The molecule has 0 aliphatic rings. The second-order valence-corrected chi connectivity index (χ2v) is 7.60. The summed E-state index contributed by atoms with van der Waals surface area (Å²) >= 11 is 1.41. The van der Waals surface area contributed by atoms with Crippen LogP contribution in [0.3, 0.4) is 0 Å². The molecular formula is C13H18N2O2S2. The van der Waals surface area contributed by atoms with Gasteiger partial charge in [-0.05, 0) is 24.2 Å². The van der Waals surface area contributed by atoms with Crippen molar-refractivity contribution in [1.29, 1.82) is 5.26 Å². The number of benzene rings is 1. The van der Waals surface area contributed by atoms with Crippen LogP contribution < -0.4 is 5.32 Å². The Morgan fingerprint density at radius 2 is 2.16 bits per heavy atom. The van der Waals surface area contributed by atoms with Gasteiger partial charge in [-0.15, -0.1) is 11.8 Å². The zero-order valence-corrected chi connectivity index (χ0v) is 12.8. The van der Waals surface area contributed by atoms with Gasteiger partial charge in [-0.1, -0.05) is 13.0 Å². The van der Waals surface area contributed by atoms with Gasteiger partial charge in [-0.3, -0.25) is 0 Å². The van der Waals surface area contributed by atoms with Crippen molar-refractivity contribution in [1.82, 2.24) is 5.32 Å². The number of sulfone groups is 1. The highest BCUT2D eigenvalue weighted by molar-refractivity contribution is 8.00. The number of rotatable bonds is 7. The first kappa shape index (κ1) is 16.0. The fourth-order valence-electron chi connectivity index (χ4n) is 1.47. The predicted molar refractivity (Wildman–Crippen MR) is 79.0 cm³/mol. The van der Waals surface area contributed by atoms with E-state index in [2.05, 4.69) is 11.4 Å². The summed E-state index contributed by atoms with van der Waals surface area (Å²) in [6, 6.07) is 7.87. The Labute approximate surface area is 119 Å². The van der Waals surface area contributed by atoms with Crippen molar-refractivity contribution < 1.29 is 8.42 Å². The molecule has 0 heterocycles. The van der Waals surface area contributed by atoms with E-state index < -0.39 is 9.84 Å². The van der Waals surface area contributed by atoms with Gasteiger partial charge in [0.2, 0.25) is 0 Å². The first-order valence-electron chi connectivity index (χ1n) is 6.00. The molecule has 1 rings (SSSR count). The van der Waals surface area contributed by atoms with Gasteiger partial charge in [0, 0.05) is 23.4 Å². The van der Waals surface area contributed by atoms with Gasteiger partial charge in [0.05, 0.1) is 11.3 Å². The number of hydrogen-bond acceptors (Lipinski definition) is 5. The van der Waals surface area contributed by atoms with Crippen LogP contribution in [0.2, 0.25) is 0 Å². The smallest absolute Gasteiger partial charge is 0.148 e. The molecule has 0 atom stereocenters. The highest BCUT2D eigenvalue weighted by Crippen LogP contribution is 2.23. The quantitative estimate of drug-likeness (QED) is 0.777. The maximum atomic E-state index is 11.1. The van der Waals surface area contributed by atoms with Gasteiger partial charge in [0.1, 0.15) is 15.9 Å². The van der Waals surface area contributed by atoms with Crippen molar-refractivity contribution in [3.63, 3.8) is 0 Å². The molecule has 0 amide bonds. The lowest BCUT2D eigenvalue weighted by molar-refractivity contribution is 0.603. The Bertz CT molecular complexity index is 562. The van der Waals surface area contributed by atoms with E-state index in [1.54, 1.807) is 0 Å². The summed E-state index contributed by atoms with van der Waals surface area (Å²) in [5.74, 6) is 0.599. The van der Waals surface area contributed by atoms with E-state index in [0.717, 1.165) is 23.5 Å². The molecule has 0 aliphatic carbocycles. The summed E-state index contributed by atoms with van der Waals surface area (Å²) < 4.78 is 22.1. The summed E-state index contributed by atoms with van der Waals surface area (Å²) in [6.07, 6.45) is 1.22. The van der Waals surface area contributed by atoms with Gasteiger partial charge < -0.3 is 5.32 Å². The van der Waals surface area contributed by atoms with Crippen LogP contribution in [0, 0.1) is 11.3 Å². The Morgan fingerprint density at radius 3 is 2.74 bits per heavy atom. The first-order valence-corrected chi connectivity index (χ1v) is 9.05. The minimum Gasteiger partial charge on any atom is -0.313 e. The van der Waals surface area contributed by atoms with E-state index in [4.69, 9.17) is 5.26 Å². The molecule has 0 saturated carbocycles. The minimum absolute atomic E-state index is 0.127. The van der Waals surface area contributed by atoms with Crippen molar-refractivity contribution >= 4 is 21.6 Å². The molecule has 1 aromatic rings. The van der Waals surface area contributed by atoms with Gasteiger partial charge in [-0.25, -0.2) is 8.42 Å². The van der Waals surface area contributed by atoms with E-state index in [-0.39, 0.29) is 5.75 Å². The fourth-order valence-corrected chi connectivity index (χ4v) is 3.66. The second-order valence-electron chi connectivity index (χ2n) is 4.20. The lowest BCUT2D eigenvalue weighted by Crippen LogP contribution is -2.11. The standard InChI is InChI=1S/C13H18N2O2S2/c1-3-15-10-11-4-5-13(12(8-11)9-14)18-6-7-19(2,16)17/h4-5,8,15H,3,6-7,10H2,1-2H3. The molecule has 0 unspecified atom stereocenters. The van der Waals surface area contributed by atoms with Crippen molar-refractivity contribution in [2.75, 3.05) is 24.3 Å². The molecule has 1 N–H and O–H groups in total. The predicted octanol–water partition coefficient (Wildman–Crippen LogP) is 1.80. The first-order chi connectivity index (χ1) is 8.96. The third-order valence-electron chi connectivity index (χ3n) is 2.46. The monoisotopic (exact) mass is 298 g/mol. The summed E-state index contributed by atoms with van der Waals surface area (Å²) in [6.45, 7) is 3.65. The van der Waals surface area contributed by atoms with Crippen LogP contribution in [0.5, 0.6) is 0 Å². The third kappa shape index (κ3) is 6.10. The Balaban J connectivity index is 2.71. The normalized spacial score (nSPS) is 11.2. The SMILES string of the molecule is CCNCc1ccc(SCCS(C)(=O)=O)c(C#N)c1. The minimum atomic E-state index is -2.95. The lowest BCUT2D eigenvalue weighted by atomic mass is 10.1. The van der Waals surface area contributed by atoms with Crippen LogP contribution in [-0.2, 0) is 16.4 Å². The van der Waals surface area contributed by atoms with Crippen molar-refractivity contribution in [2.45, 2.75) is 18.4 Å². The second kappa shape index (κ2) is 7.53. The van der Waals surface area contributed by atoms with Crippen molar-refractivity contribution in [3.05, 3.63) is 29.3 Å². The van der Waals surface area contributed by atoms with Gasteiger partial charge in [-0.2, -0.15) is 5.26 Å². The highest BCUT2D eigenvalue weighted by Gasteiger charge is 2.07.